The largest absolute Gasteiger partial charge is 0.252 e. The monoisotopic (exact) mass is 321 g/mol. The fourth-order valence-corrected chi connectivity index (χ4v) is 5.68. The summed E-state index contributed by atoms with van der Waals surface area (Å²) in [5.74, 6) is 1.55. The molecule has 0 amide bonds. The quantitative estimate of drug-likeness (QED) is 0.799. The summed E-state index contributed by atoms with van der Waals surface area (Å²) in [4.78, 5) is 1.03. The van der Waals surface area contributed by atoms with Gasteiger partial charge in [-0.3, -0.25) is 0 Å². The standard InChI is InChI=1S/C13H20ClNO2S2/c1-10-6-8-15(9-11(10)2)19(16,17)13-4-3-12(18-13)5-7-14/h3-4,10-11H,5-9H2,1-2H3. The van der Waals surface area contributed by atoms with Gasteiger partial charge in [0.1, 0.15) is 4.21 Å². The predicted molar refractivity (Wildman–Crippen MR) is 80.4 cm³/mol. The maximum absolute atomic E-state index is 12.6. The number of halogens is 1. The molecule has 1 saturated heterocycles. The molecule has 1 aromatic rings. The van der Waals surface area contributed by atoms with Gasteiger partial charge in [0, 0.05) is 23.8 Å². The van der Waals surface area contributed by atoms with E-state index in [4.69, 9.17) is 11.6 Å². The van der Waals surface area contributed by atoms with Crippen molar-refractivity contribution in [2.75, 3.05) is 19.0 Å². The summed E-state index contributed by atoms with van der Waals surface area (Å²) in [5.41, 5.74) is 0. The van der Waals surface area contributed by atoms with Gasteiger partial charge in [-0.2, -0.15) is 4.31 Å². The van der Waals surface area contributed by atoms with Crippen LogP contribution in [-0.2, 0) is 16.4 Å². The lowest BCUT2D eigenvalue weighted by Crippen LogP contribution is -2.41. The molecule has 0 bridgehead atoms. The highest BCUT2D eigenvalue weighted by Gasteiger charge is 2.32. The van der Waals surface area contributed by atoms with Crippen molar-refractivity contribution in [3.63, 3.8) is 0 Å². The smallest absolute Gasteiger partial charge is 0.206 e. The molecule has 1 aromatic heterocycles. The maximum atomic E-state index is 12.6. The highest BCUT2D eigenvalue weighted by Crippen LogP contribution is 2.30. The number of rotatable bonds is 4. The van der Waals surface area contributed by atoms with E-state index in [0.29, 0.717) is 35.0 Å². The molecule has 3 nitrogen and oxygen atoms in total. The number of aryl methyl sites for hydroxylation is 1. The number of piperidine rings is 1. The van der Waals surface area contributed by atoms with Crippen LogP contribution in [0.15, 0.2) is 16.3 Å². The van der Waals surface area contributed by atoms with Gasteiger partial charge in [-0.25, -0.2) is 8.42 Å². The number of nitrogens with zero attached hydrogens (tertiary/aromatic N) is 1. The van der Waals surface area contributed by atoms with Gasteiger partial charge in [-0.15, -0.1) is 22.9 Å². The Hall–Kier alpha value is -0.100. The van der Waals surface area contributed by atoms with Crippen molar-refractivity contribution < 1.29 is 8.42 Å². The summed E-state index contributed by atoms with van der Waals surface area (Å²) in [6.45, 7) is 5.58. The molecule has 19 heavy (non-hydrogen) atoms. The predicted octanol–water partition coefficient (Wildman–Crippen LogP) is 3.20. The second-order valence-electron chi connectivity index (χ2n) is 5.27. The molecule has 1 fully saturated rings. The second kappa shape index (κ2) is 6.12. The van der Waals surface area contributed by atoms with Gasteiger partial charge >= 0.3 is 0 Å². The van der Waals surface area contributed by atoms with Crippen LogP contribution >= 0.6 is 22.9 Å². The fourth-order valence-electron chi connectivity index (χ4n) is 2.29. The Bertz CT molecular complexity index is 527. The molecule has 0 aromatic carbocycles. The first-order chi connectivity index (χ1) is 8.95. The Labute approximate surface area is 124 Å². The van der Waals surface area contributed by atoms with Gasteiger partial charge < -0.3 is 0 Å². The number of alkyl halides is 1. The molecule has 6 heteroatoms. The molecule has 1 aliphatic heterocycles. The van der Waals surface area contributed by atoms with E-state index >= 15 is 0 Å². The van der Waals surface area contributed by atoms with Crippen LogP contribution < -0.4 is 0 Å². The second-order valence-corrected chi connectivity index (χ2v) is 8.98. The van der Waals surface area contributed by atoms with Crippen LogP contribution in [0.5, 0.6) is 0 Å². The Kier molecular flexibility index (Phi) is 4.93. The summed E-state index contributed by atoms with van der Waals surface area (Å²) in [6.07, 6.45) is 1.68. The zero-order valence-corrected chi connectivity index (χ0v) is 13.7. The average Bonchev–Trinajstić information content (AvgIpc) is 2.82. The molecule has 2 heterocycles. The summed E-state index contributed by atoms with van der Waals surface area (Å²) in [7, 11) is -3.31. The van der Waals surface area contributed by atoms with E-state index in [2.05, 4.69) is 13.8 Å². The Morgan fingerprint density at radius 2 is 2.11 bits per heavy atom. The van der Waals surface area contributed by atoms with Gasteiger partial charge in [0.15, 0.2) is 0 Å². The minimum Gasteiger partial charge on any atom is -0.206 e. The molecule has 0 saturated carbocycles. The summed E-state index contributed by atoms with van der Waals surface area (Å²) < 4.78 is 27.2. The molecule has 0 spiro atoms. The highest BCUT2D eigenvalue weighted by atomic mass is 35.5. The van der Waals surface area contributed by atoms with Gasteiger partial charge in [0.05, 0.1) is 0 Å². The van der Waals surface area contributed by atoms with E-state index in [1.807, 2.05) is 6.07 Å². The topological polar surface area (TPSA) is 37.4 Å². The van der Waals surface area contributed by atoms with Gasteiger partial charge in [0.2, 0.25) is 0 Å². The first-order valence-electron chi connectivity index (χ1n) is 6.60. The zero-order valence-electron chi connectivity index (χ0n) is 11.3. The normalized spacial score (nSPS) is 25.6. The lowest BCUT2D eigenvalue weighted by Gasteiger charge is -2.34. The number of hydrogen-bond acceptors (Lipinski definition) is 3. The molecule has 0 aliphatic carbocycles. The molecule has 0 N–H and O–H groups in total. The van der Waals surface area contributed by atoms with Crippen molar-refractivity contribution in [2.24, 2.45) is 11.8 Å². The van der Waals surface area contributed by atoms with Crippen LogP contribution in [0.2, 0.25) is 0 Å². The Morgan fingerprint density at radius 1 is 1.37 bits per heavy atom. The van der Waals surface area contributed by atoms with E-state index in [1.165, 1.54) is 11.3 Å². The van der Waals surface area contributed by atoms with Crippen molar-refractivity contribution in [3.05, 3.63) is 17.0 Å². The van der Waals surface area contributed by atoms with E-state index < -0.39 is 10.0 Å². The molecule has 0 radical (unpaired) electrons. The number of thiophene rings is 1. The van der Waals surface area contributed by atoms with Crippen molar-refractivity contribution in [1.82, 2.24) is 4.31 Å². The third kappa shape index (κ3) is 3.32. The first-order valence-corrected chi connectivity index (χ1v) is 9.39. The third-order valence-electron chi connectivity index (χ3n) is 3.87. The van der Waals surface area contributed by atoms with Gasteiger partial charge in [-0.1, -0.05) is 13.8 Å². The van der Waals surface area contributed by atoms with Crippen LogP contribution in [0, 0.1) is 11.8 Å². The van der Waals surface area contributed by atoms with Crippen LogP contribution in [0.25, 0.3) is 0 Å². The zero-order chi connectivity index (χ0) is 14.0. The van der Waals surface area contributed by atoms with Gasteiger partial charge in [-0.05, 0) is 36.8 Å². The molecule has 1 aliphatic rings. The van der Waals surface area contributed by atoms with Gasteiger partial charge in [0.25, 0.3) is 10.0 Å². The van der Waals surface area contributed by atoms with Crippen molar-refractivity contribution in [2.45, 2.75) is 30.9 Å². The SMILES string of the molecule is CC1CCN(S(=O)(=O)c2ccc(CCCl)s2)CC1C. The Balaban J connectivity index is 2.17. The minimum atomic E-state index is -3.31. The van der Waals surface area contributed by atoms with Crippen molar-refractivity contribution in [3.8, 4) is 0 Å². The van der Waals surface area contributed by atoms with E-state index in [1.54, 1.807) is 10.4 Å². The van der Waals surface area contributed by atoms with Crippen LogP contribution in [0.4, 0.5) is 0 Å². The number of sulfonamides is 1. The van der Waals surface area contributed by atoms with E-state index in [-0.39, 0.29) is 0 Å². The van der Waals surface area contributed by atoms with Crippen LogP contribution in [0.1, 0.15) is 25.1 Å². The average molecular weight is 322 g/mol. The summed E-state index contributed by atoms with van der Waals surface area (Å²) in [6, 6.07) is 3.58. The minimum absolute atomic E-state index is 0.422. The summed E-state index contributed by atoms with van der Waals surface area (Å²) in [5, 5.41) is 0. The first kappa shape index (κ1) is 15.3. The van der Waals surface area contributed by atoms with E-state index in [9.17, 15) is 8.42 Å². The van der Waals surface area contributed by atoms with Crippen LogP contribution in [0.3, 0.4) is 0 Å². The molecular formula is C13H20ClNO2S2. The van der Waals surface area contributed by atoms with Crippen molar-refractivity contribution >= 4 is 33.0 Å². The molecule has 108 valence electrons. The lowest BCUT2D eigenvalue weighted by atomic mass is 9.90. The molecular weight excluding hydrogens is 302 g/mol. The fraction of sp³-hybridized carbons (Fsp3) is 0.692. The van der Waals surface area contributed by atoms with Crippen molar-refractivity contribution in [1.29, 1.82) is 0 Å². The van der Waals surface area contributed by atoms with E-state index in [0.717, 1.165) is 17.7 Å². The molecule has 2 atom stereocenters. The molecule has 2 unspecified atom stereocenters. The molecule has 2 rings (SSSR count). The lowest BCUT2D eigenvalue weighted by molar-refractivity contribution is 0.213. The third-order valence-corrected chi connectivity index (χ3v) is 7.54. The highest BCUT2D eigenvalue weighted by molar-refractivity contribution is 7.91. The maximum Gasteiger partial charge on any atom is 0.252 e. The Morgan fingerprint density at radius 3 is 2.74 bits per heavy atom. The summed E-state index contributed by atoms with van der Waals surface area (Å²) >= 11 is 7.04. The number of hydrogen-bond donors (Lipinski definition) is 0. The van der Waals surface area contributed by atoms with Crippen LogP contribution in [-0.4, -0.2) is 31.7 Å².